The van der Waals surface area contributed by atoms with E-state index >= 15 is 0 Å². The molecule has 0 bridgehead atoms. The van der Waals surface area contributed by atoms with Crippen LogP contribution in [0.1, 0.15) is 38.8 Å². The topological polar surface area (TPSA) is 158 Å². The highest BCUT2D eigenvalue weighted by Gasteiger charge is 2.18. The van der Waals surface area contributed by atoms with Crippen molar-refractivity contribution in [2.45, 2.75) is 45.4 Å². The van der Waals surface area contributed by atoms with Gasteiger partial charge in [-0.15, -0.1) is 0 Å². The van der Waals surface area contributed by atoms with E-state index < -0.39 is 22.3 Å². The summed E-state index contributed by atoms with van der Waals surface area (Å²) in [4.78, 5) is 29.0. The molecule has 0 aliphatic carbocycles. The van der Waals surface area contributed by atoms with E-state index in [0.29, 0.717) is 28.9 Å². The summed E-state index contributed by atoms with van der Waals surface area (Å²) < 4.78 is 29.3. The van der Waals surface area contributed by atoms with Gasteiger partial charge in [-0.05, 0) is 62.3 Å². The normalized spacial score (nSPS) is 12.0. The van der Waals surface area contributed by atoms with Crippen molar-refractivity contribution in [3.05, 3.63) is 83.9 Å². The zero-order chi connectivity index (χ0) is 30.9. The number of urea groups is 1. The highest BCUT2D eigenvalue weighted by molar-refractivity contribution is 7.89. The lowest BCUT2D eigenvalue weighted by Crippen LogP contribution is -2.40. The lowest BCUT2D eigenvalue weighted by Gasteiger charge is -2.25. The Labute approximate surface area is 247 Å². The summed E-state index contributed by atoms with van der Waals surface area (Å²) in [6.07, 6.45) is -1.14. The SMILES string of the molecule is CCN(Cc1cccc(C(=N)NC(=O)OC(C)N(CC)CC)c1)C(=O)Nc1ccc(-c2ccccc2S(N)(=O)=O)cc1. The number of primary sulfonamides is 1. The van der Waals surface area contributed by atoms with Gasteiger partial charge in [-0.2, -0.15) is 0 Å². The monoisotopic (exact) mass is 594 g/mol. The Balaban J connectivity index is 1.64. The Morgan fingerprint density at radius 1 is 0.952 bits per heavy atom. The van der Waals surface area contributed by atoms with Crippen LogP contribution in [0, 0.1) is 5.41 Å². The van der Waals surface area contributed by atoms with Crippen LogP contribution >= 0.6 is 0 Å². The van der Waals surface area contributed by atoms with E-state index in [0.717, 1.165) is 18.7 Å². The van der Waals surface area contributed by atoms with E-state index in [2.05, 4.69) is 10.6 Å². The number of rotatable bonds is 11. The van der Waals surface area contributed by atoms with Gasteiger partial charge in [0.1, 0.15) is 5.84 Å². The molecule has 3 rings (SSSR count). The fourth-order valence-corrected chi connectivity index (χ4v) is 5.19. The maximum absolute atomic E-state index is 13.1. The molecule has 1 atom stereocenters. The van der Waals surface area contributed by atoms with Crippen LogP contribution < -0.4 is 15.8 Å². The van der Waals surface area contributed by atoms with E-state index in [4.69, 9.17) is 15.3 Å². The molecule has 0 fully saturated rings. The summed E-state index contributed by atoms with van der Waals surface area (Å²) in [7, 11) is -3.90. The Morgan fingerprint density at radius 2 is 1.62 bits per heavy atom. The van der Waals surface area contributed by atoms with Gasteiger partial charge in [0.25, 0.3) is 0 Å². The molecule has 11 nitrogen and oxygen atoms in total. The fourth-order valence-electron chi connectivity index (χ4n) is 4.43. The molecule has 0 heterocycles. The molecule has 3 aromatic rings. The predicted molar refractivity (Wildman–Crippen MR) is 164 cm³/mol. The Kier molecular flexibility index (Phi) is 11.2. The van der Waals surface area contributed by atoms with E-state index in [-0.39, 0.29) is 23.3 Å². The number of nitrogens with one attached hydrogen (secondary N) is 3. The average Bonchev–Trinajstić information content (AvgIpc) is 2.96. The third-order valence-corrected chi connectivity index (χ3v) is 7.70. The van der Waals surface area contributed by atoms with E-state index in [9.17, 15) is 18.0 Å². The lowest BCUT2D eigenvalue weighted by molar-refractivity contribution is 0.00680. The molecule has 0 radical (unpaired) electrons. The van der Waals surface area contributed by atoms with Crippen LogP contribution in [0.15, 0.2) is 77.7 Å². The number of carbonyl (C=O) groups is 2. The van der Waals surface area contributed by atoms with Crippen molar-refractivity contribution in [1.29, 1.82) is 5.41 Å². The zero-order valence-corrected chi connectivity index (χ0v) is 25.1. The second kappa shape index (κ2) is 14.6. The van der Waals surface area contributed by atoms with Crippen LogP contribution in [0.2, 0.25) is 0 Å². The highest BCUT2D eigenvalue weighted by atomic mass is 32.2. The number of nitrogens with zero attached hydrogens (tertiary/aromatic N) is 2. The van der Waals surface area contributed by atoms with Gasteiger partial charge in [-0.25, -0.2) is 23.1 Å². The molecule has 12 heteroatoms. The summed E-state index contributed by atoms with van der Waals surface area (Å²) in [6.45, 7) is 9.74. The van der Waals surface area contributed by atoms with E-state index in [1.165, 1.54) is 6.07 Å². The van der Waals surface area contributed by atoms with Crippen LogP contribution in [-0.4, -0.2) is 62.0 Å². The van der Waals surface area contributed by atoms with Crippen molar-refractivity contribution in [1.82, 2.24) is 15.1 Å². The number of ether oxygens (including phenoxy) is 1. The summed E-state index contributed by atoms with van der Waals surface area (Å²) >= 11 is 0. The molecule has 3 aromatic carbocycles. The number of hydrogen-bond acceptors (Lipinski definition) is 7. The number of carbonyl (C=O) groups excluding carboxylic acids is 2. The molecule has 0 aliphatic rings. The third-order valence-electron chi connectivity index (χ3n) is 6.73. The molecule has 3 amide bonds. The minimum atomic E-state index is -3.90. The smallest absolute Gasteiger partial charge is 0.414 e. The van der Waals surface area contributed by atoms with Crippen molar-refractivity contribution >= 4 is 33.7 Å². The summed E-state index contributed by atoms with van der Waals surface area (Å²) in [5, 5.41) is 19.0. The minimum absolute atomic E-state index is 0.0236. The number of sulfonamides is 1. The molecule has 0 spiro atoms. The van der Waals surface area contributed by atoms with Crippen molar-refractivity contribution in [3.8, 4) is 11.1 Å². The van der Waals surface area contributed by atoms with Gasteiger partial charge in [0.2, 0.25) is 10.0 Å². The first kappa shape index (κ1) is 32.3. The molecule has 224 valence electrons. The lowest BCUT2D eigenvalue weighted by atomic mass is 10.1. The fraction of sp³-hybridized carbons (Fsp3) is 0.300. The quantitative estimate of drug-likeness (QED) is 0.142. The molecule has 0 saturated carbocycles. The number of amides is 3. The predicted octanol–water partition coefficient (Wildman–Crippen LogP) is 4.79. The number of benzene rings is 3. The van der Waals surface area contributed by atoms with Gasteiger partial charge in [-0.3, -0.25) is 15.6 Å². The van der Waals surface area contributed by atoms with Crippen molar-refractivity contribution in [3.63, 3.8) is 0 Å². The van der Waals surface area contributed by atoms with E-state index in [1.807, 2.05) is 31.7 Å². The number of anilines is 1. The van der Waals surface area contributed by atoms with E-state index in [1.54, 1.807) is 72.5 Å². The first-order valence-corrected chi connectivity index (χ1v) is 15.2. The molecule has 42 heavy (non-hydrogen) atoms. The number of nitrogens with two attached hydrogens (primary N) is 1. The van der Waals surface area contributed by atoms with Crippen LogP contribution in [0.25, 0.3) is 11.1 Å². The van der Waals surface area contributed by atoms with Crippen LogP contribution in [0.4, 0.5) is 15.3 Å². The molecule has 0 aliphatic heterocycles. The largest absolute Gasteiger partial charge is 0.430 e. The molecule has 0 saturated heterocycles. The third kappa shape index (κ3) is 8.62. The van der Waals surface area contributed by atoms with Gasteiger partial charge >= 0.3 is 12.1 Å². The van der Waals surface area contributed by atoms with Crippen molar-refractivity contribution in [2.75, 3.05) is 25.0 Å². The van der Waals surface area contributed by atoms with Crippen LogP contribution in [0.3, 0.4) is 0 Å². The summed E-state index contributed by atoms with van der Waals surface area (Å²) in [5.41, 5.74) is 2.90. The van der Waals surface area contributed by atoms with Gasteiger partial charge in [0.15, 0.2) is 6.23 Å². The number of amidine groups is 1. The van der Waals surface area contributed by atoms with Gasteiger partial charge in [0.05, 0.1) is 4.90 Å². The van der Waals surface area contributed by atoms with Crippen molar-refractivity contribution < 1.29 is 22.7 Å². The number of hydrogen-bond donors (Lipinski definition) is 4. The standard InChI is InChI=1S/C30H38N6O5S/c1-5-35(6-2)21(4)41-30(38)34-28(31)24-12-10-11-22(19-24)20-36(7-3)29(37)33-25-17-15-23(16-18-25)26-13-8-9-14-27(26)42(32,39)40/h8-19,21H,5-7,20H2,1-4H3,(H,33,37)(H2,31,34,38)(H2,32,39,40). The maximum Gasteiger partial charge on any atom is 0.414 e. The molecular weight excluding hydrogens is 556 g/mol. The summed E-state index contributed by atoms with van der Waals surface area (Å²) in [5.74, 6) is -0.106. The molecule has 0 aromatic heterocycles. The van der Waals surface area contributed by atoms with Crippen molar-refractivity contribution in [2.24, 2.45) is 5.14 Å². The molecular formula is C30H38N6O5S. The van der Waals surface area contributed by atoms with Gasteiger partial charge in [-0.1, -0.05) is 62.4 Å². The first-order valence-electron chi connectivity index (χ1n) is 13.6. The first-order chi connectivity index (χ1) is 20.0. The number of alkyl carbamates (subject to hydrolysis) is 1. The molecule has 5 N–H and O–H groups in total. The summed E-state index contributed by atoms with van der Waals surface area (Å²) in [6, 6.07) is 20.0. The van der Waals surface area contributed by atoms with Gasteiger partial charge < -0.3 is 15.0 Å². The molecule has 1 unspecified atom stereocenters. The Hall–Kier alpha value is -4.26. The van der Waals surface area contributed by atoms with Crippen LogP contribution in [-0.2, 0) is 21.3 Å². The van der Waals surface area contributed by atoms with Crippen LogP contribution in [0.5, 0.6) is 0 Å². The Bertz CT molecular complexity index is 1510. The maximum atomic E-state index is 13.1. The highest BCUT2D eigenvalue weighted by Crippen LogP contribution is 2.27. The van der Waals surface area contributed by atoms with Gasteiger partial charge in [0, 0.05) is 29.9 Å². The average molecular weight is 595 g/mol. The second-order valence-electron chi connectivity index (χ2n) is 9.49. The Morgan fingerprint density at radius 3 is 2.24 bits per heavy atom. The second-order valence-corrected chi connectivity index (χ2v) is 11.0. The minimum Gasteiger partial charge on any atom is -0.430 e. The zero-order valence-electron chi connectivity index (χ0n) is 24.3.